The molecule has 1 aromatic rings. The molecule has 21 heavy (non-hydrogen) atoms. The van der Waals surface area contributed by atoms with E-state index in [1.165, 1.54) is 7.11 Å². The number of ether oxygens (including phenoxy) is 4. The second-order valence-corrected chi connectivity index (χ2v) is 4.68. The van der Waals surface area contributed by atoms with Crippen LogP contribution in [-0.4, -0.2) is 39.1 Å². The fourth-order valence-electron chi connectivity index (χ4n) is 2.03. The third-order valence-corrected chi connectivity index (χ3v) is 3.15. The summed E-state index contributed by atoms with van der Waals surface area (Å²) < 4.78 is 21.0. The molecule has 2 rings (SSSR count). The Hall–Kier alpha value is -1.95. The highest BCUT2D eigenvalue weighted by atomic mass is 16.7. The molecule has 6 heteroatoms. The van der Waals surface area contributed by atoms with Gasteiger partial charge in [-0.3, -0.25) is 4.79 Å². The summed E-state index contributed by atoms with van der Waals surface area (Å²) in [4.78, 5) is 11.6. The van der Waals surface area contributed by atoms with E-state index < -0.39 is 0 Å². The molecular formula is C15H21NO5. The first kappa shape index (κ1) is 15.4. The number of carbonyl (C=O) groups is 1. The van der Waals surface area contributed by atoms with Crippen LogP contribution in [0.5, 0.6) is 17.2 Å². The van der Waals surface area contributed by atoms with Crippen LogP contribution in [0, 0.1) is 0 Å². The van der Waals surface area contributed by atoms with E-state index in [-0.39, 0.29) is 18.8 Å². The lowest BCUT2D eigenvalue weighted by molar-refractivity contribution is -0.143. The molecule has 1 N–H and O–H groups in total. The summed E-state index contributed by atoms with van der Waals surface area (Å²) in [6, 6.07) is 5.07. The number of rotatable bonds is 8. The largest absolute Gasteiger partial charge is 0.493 e. The SMILES string of the molecule is CCCNC(CCOc1ccc2c(c1)OCO2)C(=O)OC. The van der Waals surface area contributed by atoms with Crippen molar-refractivity contribution in [2.75, 3.05) is 27.1 Å². The van der Waals surface area contributed by atoms with Crippen LogP contribution in [0.15, 0.2) is 18.2 Å². The quantitative estimate of drug-likeness (QED) is 0.737. The molecule has 0 saturated carbocycles. The Morgan fingerprint density at radius 3 is 2.95 bits per heavy atom. The molecule has 0 bridgehead atoms. The Morgan fingerprint density at radius 2 is 2.19 bits per heavy atom. The lowest BCUT2D eigenvalue weighted by Crippen LogP contribution is -2.39. The minimum atomic E-state index is -0.344. The molecule has 0 spiro atoms. The molecular weight excluding hydrogens is 274 g/mol. The summed E-state index contributed by atoms with van der Waals surface area (Å²) in [6.45, 7) is 3.47. The molecule has 0 aromatic heterocycles. The van der Waals surface area contributed by atoms with E-state index in [9.17, 15) is 4.79 Å². The summed E-state index contributed by atoms with van der Waals surface area (Å²) in [5.41, 5.74) is 0. The van der Waals surface area contributed by atoms with Gasteiger partial charge in [0, 0.05) is 12.5 Å². The number of benzene rings is 1. The normalized spacial score (nSPS) is 13.8. The number of nitrogens with one attached hydrogen (secondary N) is 1. The molecule has 0 fully saturated rings. The maximum absolute atomic E-state index is 11.6. The smallest absolute Gasteiger partial charge is 0.322 e. The lowest BCUT2D eigenvalue weighted by Gasteiger charge is -2.16. The average molecular weight is 295 g/mol. The van der Waals surface area contributed by atoms with Crippen molar-refractivity contribution in [2.45, 2.75) is 25.8 Å². The Bertz CT molecular complexity index is 477. The number of esters is 1. The van der Waals surface area contributed by atoms with Crippen molar-refractivity contribution in [3.8, 4) is 17.2 Å². The Balaban J connectivity index is 1.82. The molecule has 116 valence electrons. The number of fused-ring (bicyclic) bond motifs is 1. The van der Waals surface area contributed by atoms with Crippen molar-refractivity contribution < 1.29 is 23.7 Å². The van der Waals surface area contributed by atoms with E-state index in [0.29, 0.717) is 24.5 Å². The third-order valence-electron chi connectivity index (χ3n) is 3.15. The van der Waals surface area contributed by atoms with E-state index in [1.807, 2.05) is 19.1 Å². The van der Waals surface area contributed by atoms with Gasteiger partial charge in [0.1, 0.15) is 11.8 Å². The van der Waals surface area contributed by atoms with Gasteiger partial charge in [0.05, 0.1) is 13.7 Å². The second kappa shape index (κ2) is 7.73. The first-order valence-corrected chi connectivity index (χ1v) is 7.08. The maximum atomic E-state index is 11.6. The molecule has 0 amide bonds. The molecule has 1 aliphatic heterocycles. The number of carbonyl (C=O) groups excluding carboxylic acids is 1. The summed E-state index contributed by atoms with van der Waals surface area (Å²) in [5, 5.41) is 3.15. The molecule has 0 saturated heterocycles. The van der Waals surface area contributed by atoms with Gasteiger partial charge in [-0.15, -0.1) is 0 Å². The van der Waals surface area contributed by atoms with Crippen molar-refractivity contribution in [2.24, 2.45) is 0 Å². The lowest BCUT2D eigenvalue weighted by atomic mass is 10.2. The van der Waals surface area contributed by atoms with Crippen LogP contribution in [0.3, 0.4) is 0 Å². The first-order valence-electron chi connectivity index (χ1n) is 7.08. The van der Waals surface area contributed by atoms with E-state index in [2.05, 4.69) is 5.32 Å². The standard InChI is InChI=1S/C15H21NO5/c1-3-7-16-12(15(17)18-2)6-8-19-11-4-5-13-14(9-11)21-10-20-13/h4-5,9,12,16H,3,6-8,10H2,1-2H3. The summed E-state index contributed by atoms with van der Waals surface area (Å²) >= 11 is 0. The van der Waals surface area contributed by atoms with Crippen molar-refractivity contribution >= 4 is 5.97 Å². The highest BCUT2D eigenvalue weighted by molar-refractivity contribution is 5.75. The van der Waals surface area contributed by atoms with Crippen LogP contribution < -0.4 is 19.5 Å². The second-order valence-electron chi connectivity index (χ2n) is 4.68. The number of hydrogen-bond acceptors (Lipinski definition) is 6. The third kappa shape index (κ3) is 4.26. The molecule has 1 aliphatic rings. The Kier molecular flexibility index (Phi) is 5.68. The fourth-order valence-corrected chi connectivity index (χ4v) is 2.03. The molecule has 1 heterocycles. The molecule has 1 unspecified atom stereocenters. The highest BCUT2D eigenvalue weighted by Gasteiger charge is 2.18. The van der Waals surface area contributed by atoms with Crippen molar-refractivity contribution in [1.82, 2.24) is 5.32 Å². The monoisotopic (exact) mass is 295 g/mol. The van der Waals surface area contributed by atoms with Crippen molar-refractivity contribution in [1.29, 1.82) is 0 Å². The van der Waals surface area contributed by atoms with Gasteiger partial charge in [0.15, 0.2) is 11.5 Å². The minimum absolute atomic E-state index is 0.240. The fraction of sp³-hybridized carbons (Fsp3) is 0.533. The first-order chi connectivity index (χ1) is 10.2. The minimum Gasteiger partial charge on any atom is -0.493 e. The summed E-state index contributed by atoms with van der Waals surface area (Å²) in [7, 11) is 1.39. The zero-order chi connectivity index (χ0) is 15.1. The maximum Gasteiger partial charge on any atom is 0.322 e. The zero-order valence-corrected chi connectivity index (χ0v) is 12.4. The molecule has 1 atom stereocenters. The molecule has 1 aromatic carbocycles. The van der Waals surface area contributed by atoms with Gasteiger partial charge in [0.25, 0.3) is 0 Å². The zero-order valence-electron chi connectivity index (χ0n) is 12.4. The van der Waals surface area contributed by atoms with Gasteiger partial charge in [-0.05, 0) is 25.1 Å². The summed E-state index contributed by atoms with van der Waals surface area (Å²) in [6.07, 6.45) is 1.50. The van der Waals surface area contributed by atoms with E-state index in [1.54, 1.807) is 6.07 Å². The molecule has 0 aliphatic carbocycles. The van der Waals surface area contributed by atoms with Crippen LogP contribution in [0.1, 0.15) is 19.8 Å². The van der Waals surface area contributed by atoms with Crippen LogP contribution in [-0.2, 0) is 9.53 Å². The highest BCUT2D eigenvalue weighted by Crippen LogP contribution is 2.35. The van der Waals surface area contributed by atoms with Crippen LogP contribution in [0.2, 0.25) is 0 Å². The van der Waals surface area contributed by atoms with E-state index in [4.69, 9.17) is 18.9 Å². The van der Waals surface area contributed by atoms with E-state index in [0.717, 1.165) is 18.7 Å². The van der Waals surface area contributed by atoms with Gasteiger partial charge in [0.2, 0.25) is 6.79 Å². The molecule has 0 radical (unpaired) electrons. The van der Waals surface area contributed by atoms with Crippen molar-refractivity contribution in [3.63, 3.8) is 0 Å². The molecule has 6 nitrogen and oxygen atoms in total. The van der Waals surface area contributed by atoms with Crippen molar-refractivity contribution in [3.05, 3.63) is 18.2 Å². The average Bonchev–Trinajstić information content (AvgIpc) is 2.97. The van der Waals surface area contributed by atoms with E-state index >= 15 is 0 Å². The van der Waals surface area contributed by atoms with Crippen LogP contribution >= 0.6 is 0 Å². The van der Waals surface area contributed by atoms with Gasteiger partial charge in [-0.25, -0.2) is 0 Å². The van der Waals surface area contributed by atoms with Crippen LogP contribution in [0.4, 0.5) is 0 Å². The number of methoxy groups -OCH3 is 1. The topological polar surface area (TPSA) is 66.0 Å². The predicted molar refractivity (Wildman–Crippen MR) is 76.8 cm³/mol. The Morgan fingerprint density at radius 1 is 1.38 bits per heavy atom. The Labute approximate surface area is 124 Å². The van der Waals surface area contributed by atoms with Crippen LogP contribution in [0.25, 0.3) is 0 Å². The number of hydrogen-bond donors (Lipinski definition) is 1. The van der Waals surface area contributed by atoms with Gasteiger partial charge in [-0.1, -0.05) is 6.92 Å². The predicted octanol–water partition coefficient (Wildman–Crippen LogP) is 1.73. The van der Waals surface area contributed by atoms with Gasteiger partial charge in [-0.2, -0.15) is 0 Å². The van der Waals surface area contributed by atoms with Gasteiger partial charge < -0.3 is 24.3 Å². The summed E-state index contributed by atoms with van der Waals surface area (Å²) in [5.74, 6) is 1.83. The van der Waals surface area contributed by atoms with Gasteiger partial charge >= 0.3 is 5.97 Å².